The van der Waals surface area contributed by atoms with Crippen molar-refractivity contribution < 1.29 is 14.6 Å². The highest BCUT2D eigenvalue weighted by molar-refractivity contribution is 5.75. The molecule has 0 aromatic heterocycles. The van der Waals surface area contributed by atoms with Crippen LogP contribution in [0.25, 0.3) is 0 Å². The summed E-state index contributed by atoms with van der Waals surface area (Å²) in [7, 11) is 1.52. The lowest BCUT2D eigenvalue weighted by molar-refractivity contribution is -0.121. The van der Waals surface area contributed by atoms with Crippen molar-refractivity contribution in [3.63, 3.8) is 0 Å². The van der Waals surface area contributed by atoms with Crippen molar-refractivity contribution in [2.24, 2.45) is 0 Å². The molecule has 0 aliphatic heterocycles. The van der Waals surface area contributed by atoms with E-state index in [-0.39, 0.29) is 11.7 Å². The molecule has 1 aromatic rings. The number of hydrogen-bond acceptors (Lipinski definition) is 3. The highest BCUT2D eigenvalue weighted by atomic mass is 16.5. The van der Waals surface area contributed by atoms with E-state index in [4.69, 9.17) is 4.74 Å². The molecular weight excluding hydrogens is 374 g/mol. The Morgan fingerprint density at radius 2 is 1.53 bits per heavy atom. The lowest BCUT2D eigenvalue weighted by Crippen LogP contribution is -2.22. The highest BCUT2D eigenvalue weighted by Gasteiger charge is 2.05. The number of ether oxygens (including phenoxy) is 1. The van der Waals surface area contributed by atoms with Crippen molar-refractivity contribution in [2.45, 2.75) is 103 Å². The van der Waals surface area contributed by atoms with Crippen molar-refractivity contribution in [2.75, 3.05) is 7.11 Å². The van der Waals surface area contributed by atoms with E-state index in [1.807, 2.05) is 0 Å². The van der Waals surface area contributed by atoms with Gasteiger partial charge in [0.05, 0.1) is 7.11 Å². The molecule has 0 saturated heterocycles. The molecule has 0 atom stereocenters. The maximum atomic E-state index is 12.0. The number of carbonyl (C=O) groups excluding carboxylic acids is 1. The van der Waals surface area contributed by atoms with Crippen LogP contribution >= 0.6 is 0 Å². The molecule has 4 nitrogen and oxygen atoms in total. The summed E-state index contributed by atoms with van der Waals surface area (Å²) in [6.45, 7) is 2.72. The van der Waals surface area contributed by atoms with Crippen molar-refractivity contribution >= 4 is 5.91 Å². The highest BCUT2D eigenvalue weighted by Crippen LogP contribution is 2.26. The van der Waals surface area contributed by atoms with Gasteiger partial charge in [-0.1, -0.05) is 76.5 Å². The number of allylic oxidation sites excluding steroid dienone is 2. The van der Waals surface area contributed by atoms with Crippen LogP contribution in [0.3, 0.4) is 0 Å². The Labute approximate surface area is 184 Å². The summed E-state index contributed by atoms with van der Waals surface area (Å²) in [5.41, 5.74) is 0.921. The van der Waals surface area contributed by atoms with Gasteiger partial charge in [-0.25, -0.2) is 0 Å². The van der Waals surface area contributed by atoms with E-state index in [1.54, 1.807) is 18.2 Å². The second-order valence-electron chi connectivity index (χ2n) is 8.12. The summed E-state index contributed by atoms with van der Waals surface area (Å²) in [5.74, 6) is 0.630. The molecule has 4 heteroatoms. The molecule has 30 heavy (non-hydrogen) atoms. The fourth-order valence-corrected chi connectivity index (χ4v) is 3.48. The molecule has 0 heterocycles. The van der Waals surface area contributed by atoms with Crippen molar-refractivity contribution in [1.82, 2.24) is 5.32 Å². The summed E-state index contributed by atoms with van der Waals surface area (Å²) < 4.78 is 5.09. The van der Waals surface area contributed by atoms with Crippen molar-refractivity contribution in [1.29, 1.82) is 0 Å². The van der Waals surface area contributed by atoms with Crippen LogP contribution in [0.4, 0.5) is 0 Å². The first-order valence-corrected chi connectivity index (χ1v) is 11.9. The summed E-state index contributed by atoms with van der Waals surface area (Å²) in [4.78, 5) is 12.0. The predicted octanol–water partition coefficient (Wildman–Crippen LogP) is 7.05. The molecule has 0 fully saturated rings. The van der Waals surface area contributed by atoms with Gasteiger partial charge in [0.15, 0.2) is 11.5 Å². The molecule has 170 valence electrons. The van der Waals surface area contributed by atoms with E-state index >= 15 is 0 Å². The molecule has 1 rings (SSSR count). The van der Waals surface area contributed by atoms with E-state index in [9.17, 15) is 9.90 Å². The van der Waals surface area contributed by atoms with E-state index in [0.29, 0.717) is 18.7 Å². The second-order valence-corrected chi connectivity index (χ2v) is 8.12. The molecule has 0 bridgehead atoms. The topological polar surface area (TPSA) is 58.6 Å². The maximum Gasteiger partial charge on any atom is 0.220 e. The largest absolute Gasteiger partial charge is 0.504 e. The quantitative estimate of drug-likeness (QED) is 0.199. The average molecular weight is 418 g/mol. The van der Waals surface area contributed by atoms with Crippen LogP contribution in [-0.2, 0) is 11.3 Å². The molecular formula is C26H43NO3. The van der Waals surface area contributed by atoms with Crippen LogP contribution in [0, 0.1) is 0 Å². The summed E-state index contributed by atoms with van der Waals surface area (Å²) in [5, 5.41) is 12.5. The maximum absolute atomic E-state index is 12.0. The van der Waals surface area contributed by atoms with Gasteiger partial charge in [0.25, 0.3) is 0 Å². The van der Waals surface area contributed by atoms with Gasteiger partial charge in [-0.15, -0.1) is 0 Å². The van der Waals surface area contributed by atoms with Gasteiger partial charge in [0, 0.05) is 13.0 Å². The predicted molar refractivity (Wildman–Crippen MR) is 126 cm³/mol. The molecule has 0 aliphatic carbocycles. The zero-order chi connectivity index (χ0) is 21.9. The van der Waals surface area contributed by atoms with E-state index in [0.717, 1.165) is 18.4 Å². The number of phenols is 1. The van der Waals surface area contributed by atoms with Crippen LogP contribution in [0.15, 0.2) is 30.4 Å². The number of benzene rings is 1. The Bertz CT molecular complexity index is 598. The van der Waals surface area contributed by atoms with Gasteiger partial charge in [0.1, 0.15) is 0 Å². The summed E-state index contributed by atoms with van der Waals surface area (Å²) in [6.07, 6.45) is 21.7. The second kappa shape index (κ2) is 17.9. The lowest BCUT2D eigenvalue weighted by atomic mass is 10.1. The van der Waals surface area contributed by atoms with E-state index in [2.05, 4.69) is 24.4 Å². The minimum atomic E-state index is 0.0866. The van der Waals surface area contributed by atoms with Gasteiger partial charge in [-0.3, -0.25) is 4.79 Å². The molecule has 0 saturated carbocycles. The van der Waals surface area contributed by atoms with Crippen LogP contribution in [0.1, 0.15) is 102 Å². The van der Waals surface area contributed by atoms with Gasteiger partial charge < -0.3 is 15.2 Å². The Balaban J connectivity index is 1.92. The summed E-state index contributed by atoms with van der Waals surface area (Å²) >= 11 is 0. The average Bonchev–Trinajstić information content (AvgIpc) is 2.75. The number of methoxy groups -OCH3 is 1. The standard InChI is InChI=1S/C26H43NO3/c1-3-4-5-6-7-8-9-10-11-12-13-14-15-16-17-18-26(29)27-22-23-19-20-24(28)25(21-23)30-2/h8-9,19-21,28H,3-7,10-18,22H2,1-2H3,(H,27,29)/b9-8+. The third kappa shape index (κ3) is 13.3. The summed E-state index contributed by atoms with van der Waals surface area (Å²) in [6, 6.07) is 5.13. The van der Waals surface area contributed by atoms with E-state index < -0.39 is 0 Å². The van der Waals surface area contributed by atoms with Crippen molar-refractivity contribution in [3.05, 3.63) is 35.9 Å². The minimum absolute atomic E-state index is 0.0866. The Morgan fingerprint density at radius 1 is 0.933 bits per heavy atom. The van der Waals surface area contributed by atoms with Gasteiger partial charge in [0.2, 0.25) is 5.91 Å². The molecule has 1 aromatic carbocycles. The SMILES string of the molecule is CCCCCC/C=C/CCCCCCCCCC(=O)NCc1ccc(O)c(OC)c1. The smallest absolute Gasteiger partial charge is 0.220 e. The van der Waals surface area contributed by atoms with Gasteiger partial charge in [-0.05, 0) is 49.8 Å². The number of phenolic OH excluding ortho intramolecular Hbond substituents is 1. The molecule has 1 amide bonds. The number of carbonyl (C=O) groups is 1. The Morgan fingerprint density at radius 3 is 2.17 bits per heavy atom. The van der Waals surface area contributed by atoms with Gasteiger partial charge in [-0.2, -0.15) is 0 Å². The van der Waals surface area contributed by atoms with Crippen molar-refractivity contribution in [3.8, 4) is 11.5 Å². The number of hydrogen-bond donors (Lipinski definition) is 2. The Kier molecular flexibility index (Phi) is 15.5. The monoisotopic (exact) mass is 417 g/mol. The van der Waals surface area contributed by atoms with Gasteiger partial charge >= 0.3 is 0 Å². The number of amides is 1. The van der Waals surface area contributed by atoms with Crippen LogP contribution in [0.5, 0.6) is 11.5 Å². The Hall–Kier alpha value is -1.97. The first-order chi connectivity index (χ1) is 14.7. The van der Waals surface area contributed by atoms with Crippen LogP contribution < -0.4 is 10.1 Å². The molecule has 0 aliphatic rings. The normalized spacial score (nSPS) is 11.1. The molecule has 0 spiro atoms. The zero-order valence-corrected chi connectivity index (χ0v) is 19.3. The number of aromatic hydroxyl groups is 1. The number of unbranched alkanes of at least 4 members (excludes halogenated alkanes) is 11. The third-order valence-corrected chi connectivity index (χ3v) is 5.40. The zero-order valence-electron chi connectivity index (χ0n) is 19.3. The minimum Gasteiger partial charge on any atom is -0.504 e. The molecule has 0 unspecified atom stereocenters. The molecule has 2 N–H and O–H groups in total. The lowest BCUT2D eigenvalue weighted by Gasteiger charge is -2.08. The first-order valence-electron chi connectivity index (χ1n) is 11.9. The van der Waals surface area contributed by atoms with Crippen LogP contribution in [-0.4, -0.2) is 18.1 Å². The number of rotatable bonds is 18. The van der Waals surface area contributed by atoms with E-state index in [1.165, 1.54) is 77.7 Å². The fourth-order valence-electron chi connectivity index (χ4n) is 3.48. The first kappa shape index (κ1) is 26.1. The third-order valence-electron chi connectivity index (χ3n) is 5.40. The fraction of sp³-hybridized carbons (Fsp3) is 0.654. The molecule has 0 radical (unpaired) electrons. The number of nitrogens with one attached hydrogen (secondary N) is 1. The van der Waals surface area contributed by atoms with Crippen LogP contribution in [0.2, 0.25) is 0 Å².